The summed E-state index contributed by atoms with van der Waals surface area (Å²) in [6.07, 6.45) is 3.83. The number of alkyl halides is 1. The maximum Gasteiger partial charge on any atom is 0.251 e. The Morgan fingerprint density at radius 1 is 1.10 bits per heavy atom. The Labute approximate surface area is 125 Å². The van der Waals surface area contributed by atoms with E-state index in [0.29, 0.717) is 45.1 Å². The molecule has 0 spiro atoms. The molecule has 6 heteroatoms. The number of carbonyl (C=O) groups excluding carboxylic acids is 2. The van der Waals surface area contributed by atoms with Gasteiger partial charge in [-0.25, -0.2) is 0 Å². The number of amides is 2. The van der Waals surface area contributed by atoms with Crippen LogP contribution in [0.5, 0.6) is 0 Å². The average Bonchev–Trinajstić information content (AvgIpc) is 3.01. The van der Waals surface area contributed by atoms with Crippen molar-refractivity contribution >= 4 is 23.4 Å². The van der Waals surface area contributed by atoms with Crippen molar-refractivity contribution in [3.8, 4) is 0 Å². The van der Waals surface area contributed by atoms with E-state index in [1.54, 1.807) is 0 Å². The Hall–Kier alpha value is -0.810. The highest BCUT2D eigenvalue weighted by Crippen LogP contribution is 2.16. The highest BCUT2D eigenvalue weighted by molar-refractivity contribution is 6.17. The van der Waals surface area contributed by atoms with Crippen LogP contribution in [0.25, 0.3) is 0 Å². The lowest BCUT2D eigenvalue weighted by Crippen LogP contribution is -2.52. The molecule has 2 heterocycles. The summed E-state index contributed by atoms with van der Waals surface area (Å²) in [6, 6.07) is 0. The normalized spacial score (nSPS) is 23.1. The molecule has 0 aromatic carbocycles. The van der Waals surface area contributed by atoms with Gasteiger partial charge in [0.05, 0.1) is 0 Å². The molecule has 5 nitrogen and oxygen atoms in total. The summed E-state index contributed by atoms with van der Waals surface area (Å²) < 4.78 is 5.42. The zero-order valence-corrected chi connectivity index (χ0v) is 12.6. The van der Waals surface area contributed by atoms with Crippen LogP contribution in [-0.4, -0.2) is 66.4 Å². The number of hydrogen-bond donors (Lipinski definition) is 0. The van der Waals surface area contributed by atoms with Crippen LogP contribution in [0.1, 0.15) is 32.1 Å². The first-order valence-corrected chi connectivity index (χ1v) is 8.00. The van der Waals surface area contributed by atoms with E-state index in [0.717, 1.165) is 25.7 Å². The fourth-order valence-corrected chi connectivity index (χ4v) is 2.87. The molecular weight excluding hydrogens is 280 g/mol. The number of halogens is 1. The van der Waals surface area contributed by atoms with E-state index in [1.165, 1.54) is 0 Å². The summed E-state index contributed by atoms with van der Waals surface area (Å²) in [6.45, 7) is 3.21. The third-order valence-electron chi connectivity index (χ3n) is 3.92. The van der Waals surface area contributed by atoms with Gasteiger partial charge in [-0.05, 0) is 25.7 Å². The molecule has 2 fully saturated rings. The predicted molar refractivity (Wildman–Crippen MR) is 76.7 cm³/mol. The minimum Gasteiger partial charge on any atom is -0.368 e. The first kappa shape index (κ1) is 15.6. The summed E-state index contributed by atoms with van der Waals surface area (Å²) in [4.78, 5) is 27.8. The predicted octanol–water partition coefficient (Wildman–Crippen LogP) is 1.25. The fraction of sp³-hybridized carbons (Fsp3) is 0.857. The Balaban J connectivity index is 1.71. The van der Waals surface area contributed by atoms with Gasteiger partial charge in [-0.1, -0.05) is 0 Å². The van der Waals surface area contributed by atoms with Crippen LogP contribution in [0.4, 0.5) is 0 Å². The fourth-order valence-electron chi connectivity index (χ4n) is 2.68. The van der Waals surface area contributed by atoms with Crippen LogP contribution in [0.2, 0.25) is 0 Å². The van der Waals surface area contributed by atoms with Crippen molar-refractivity contribution in [3.05, 3.63) is 0 Å². The molecule has 1 atom stereocenters. The smallest absolute Gasteiger partial charge is 0.251 e. The van der Waals surface area contributed by atoms with Crippen molar-refractivity contribution < 1.29 is 14.3 Å². The number of nitrogens with zero attached hydrogens (tertiary/aromatic N) is 2. The van der Waals surface area contributed by atoms with Crippen molar-refractivity contribution in [1.29, 1.82) is 0 Å². The third-order valence-corrected chi connectivity index (χ3v) is 4.19. The van der Waals surface area contributed by atoms with Crippen LogP contribution < -0.4 is 0 Å². The van der Waals surface area contributed by atoms with E-state index >= 15 is 0 Å². The Kier molecular flexibility index (Phi) is 6.10. The minimum absolute atomic E-state index is 0.0942. The molecule has 0 aliphatic carbocycles. The van der Waals surface area contributed by atoms with Crippen molar-refractivity contribution in [2.75, 3.05) is 38.7 Å². The van der Waals surface area contributed by atoms with Gasteiger partial charge in [0.2, 0.25) is 5.91 Å². The minimum atomic E-state index is -0.249. The highest BCUT2D eigenvalue weighted by Gasteiger charge is 2.31. The lowest BCUT2D eigenvalue weighted by atomic mass is 10.2. The third kappa shape index (κ3) is 4.09. The van der Waals surface area contributed by atoms with Crippen LogP contribution in [0.15, 0.2) is 0 Å². The van der Waals surface area contributed by atoms with Gasteiger partial charge in [-0.3, -0.25) is 9.59 Å². The largest absolute Gasteiger partial charge is 0.368 e. The second kappa shape index (κ2) is 7.84. The Morgan fingerprint density at radius 2 is 1.80 bits per heavy atom. The molecule has 0 saturated carbocycles. The number of unbranched alkanes of at least 4 members (excludes halogenated alkanes) is 1. The molecule has 2 amide bonds. The molecule has 1 unspecified atom stereocenters. The van der Waals surface area contributed by atoms with Gasteiger partial charge in [0.25, 0.3) is 5.91 Å². The zero-order chi connectivity index (χ0) is 14.4. The van der Waals surface area contributed by atoms with E-state index < -0.39 is 0 Å². The molecule has 2 aliphatic rings. The van der Waals surface area contributed by atoms with E-state index in [1.807, 2.05) is 9.80 Å². The second-order valence-corrected chi connectivity index (χ2v) is 5.73. The molecule has 0 aromatic rings. The van der Waals surface area contributed by atoms with Gasteiger partial charge in [0.1, 0.15) is 6.10 Å². The summed E-state index contributed by atoms with van der Waals surface area (Å²) in [7, 11) is 0. The van der Waals surface area contributed by atoms with Crippen molar-refractivity contribution in [2.45, 2.75) is 38.2 Å². The van der Waals surface area contributed by atoms with E-state index in [-0.39, 0.29) is 17.9 Å². The molecule has 114 valence electrons. The highest BCUT2D eigenvalue weighted by atomic mass is 35.5. The zero-order valence-electron chi connectivity index (χ0n) is 11.9. The summed E-state index contributed by atoms with van der Waals surface area (Å²) in [5.74, 6) is 0.882. The van der Waals surface area contributed by atoms with Gasteiger partial charge in [-0.15, -0.1) is 11.6 Å². The molecule has 20 heavy (non-hydrogen) atoms. The van der Waals surface area contributed by atoms with Gasteiger partial charge in [-0.2, -0.15) is 0 Å². The maximum atomic E-state index is 12.2. The maximum absolute atomic E-state index is 12.2. The second-order valence-electron chi connectivity index (χ2n) is 5.35. The van der Waals surface area contributed by atoms with E-state index in [2.05, 4.69) is 0 Å². The lowest BCUT2D eigenvalue weighted by Gasteiger charge is -2.35. The van der Waals surface area contributed by atoms with Gasteiger partial charge >= 0.3 is 0 Å². The topological polar surface area (TPSA) is 49.9 Å². The average molecular weight is 303 g/mol. The van der Waals surface area contributed by atoms with Crippen LogP contribution in [0.3, 0.4) is 0 Å². The monoisotopic (exact) mass is 302 g/mol. The van der Waals surface area contributed by atoms with Gasteiger partial charge < -0.3 is 14.5 Å². The summed E-state index contributed by atoms with van der Waals surface area (Å²) in [5, 5.41) is 0. The molecular formula is C14H23ClN2O3. The quantitative estimate of drug-likeness (QED) is 0.567. The van der Waals surface area contributed by atoms with E-state index in [9.17, 15) is 9.59 Å². The van der Waals surface area contributed by atoms with Crippen molar-refractivity contribution in [1.82, 2.24) is 9.80 Å². The summed E-state index contributed by atoms with van der Waals surface area (Å²) >= 11 is 5.61. The molecule has 2 saturated heterocycles. The first-order chi connectivity index (χ1) is 9.72. The standard InChI is InChI=1S/C14H23ClN2O3/c15-6-2-1-5-13(18)16-7-9-17(10-8-16)14(19)12-4-3-11-20-12/h12H,1-11H2. The van der Waals surface area contributed by atoms with Crippen LogP contribution in [0, 0.1) is 0 Å². The lowest BCUT2D eigenvalue weighted by molar-refractivity contribution is -0.146. The number of rotatable bonds is 5. The Bertz CT molecular complexity index is 337. The molecule has 0 bridgehead atoms. The number of hydrogen-bond acceptors (Lipinski definition) is 3. The van der Waals surface area contributed by atoms with Gasteiger partial charge in [0.15, 0.2) is 0 Å². The molecule has 0 N–H and O–H groups in total. The molecule has 0 aromatic heterocycles. The number of carbonyl (C=O) groups is 2. The molecule has 2 rings (SSSR count). The molecule has 0 radical (unpaired) electrons. The van der Waals surface area contributed by atoms with Crippen molar-refractivity contribution in [3.63, 3.8) is 0 Å². The van der Waals surface area contributed by atoms with Crippen LogP contribution in [-0.2, 0) is 14.3 Å². The van der Waals surface area contributed by atoms with E-state index in [4.69, 9.17) is 16.3 Å². The first-order valence-electron chi connectivity index (χ1n) is 7.46. The van der Waals surface area contributed by atoms with Crippen molar-refractivity contribution in [2.24, 2.45) is 0 Å². The Morgan fingerprint density at radius 3 is 2.40 bits per heavy atom. The summed E-state index contributed by atoms with van der Waals surface area (Å²) in [5.41, 5.74) is 0. The number of piperazine rings is 1. The number of ether oxygens (including phenoxy) is 1. The SMILES string of the molecule is O=C(CCCCCl)N1CCN(C(=O)C2CCCO2)CC1. The van der Waals surface area contributed by atoms with Gasteiger partial charge in [0, 0.05) is 45.1 Å². The molecule has 2 aliphatic heterocycles. The van der Waals surface area contributed by atoms with Crippen LogP contribution >= 0.6 is 11.6 Å².